The summed E-state index contributed by atoms with van der Waals surface area (Å²) in [6.07, 6.45) is 10.0. The summed E-state index contributed by atoms with van der Waals surface area (Å²) in [5.74, 6) is 4.27. The maximum atomic E-state index is 8.27. The van der Waals surface area contributed by atoms with Crippen LogP contribution in [0, 0.1) is 24.7 Å². The Bertz CT molecular complexity index is 487. The van der Waals surface area contributed by atoms with E-state index >= 15 is 0 Å². The van der Waals surface area contributed by atoms with Gasteiger partial charge in [0.05, 0.1) is 0 Å². The van der Waals surface area contributed by atoms with Crippen molar-refractivity contribution in [3.05, 3.63) is 10.4 Å². The third kappa shape index (κ3) is 3.96. The molecule has 0 atom stereocenters. The van der Waals surface area contributed by atoms with Crippen molar-refractivity contribution in [1.29, 1.82) is 0 Å². The second-order valence-corrected chi connectivity index (χ2v) is 2.38. The van der Waals surface area contributed by atoms with Gasteiger partial charge in [-0.2, -0.15) is 9.97 Å². The Hall–Kier alpha value is -2.96. The zero-order valence-corrected chi connectivity index (χ0v) is 8.57. The molecule has 0 aliphatic rings. The molecular formula is C9H6N6O2. The monoisotopic (exact) mass is 230 g/mol. The lowest BCUT2D eigenvalue weighted by Crippen LogP contribution is -2.04. The summed E-state index contributed by atoms with van der Waals surface area (Å²) in [7, 11) is 0. The van der Waals surface area contributed by atoms with E-state index in [4.69, 9.17) is 27.9 Å². The molecular weight excluding hydrogens is 224 g/mol. The van der Waals surface area contributed by atoms with Crippen molar-refractivity contribution < 1.29 is 9.47 Å². The fourth-order valence-electron chi connectivity index (χ4n) is 0.754. The number of azide groups is 1. The van der Waals surface area contributed by atoms with Crippen LogP contribution in [0.3, 0.4) is 0 Å². The first-order valence-corrected chi connectivity index (χ1v) is 4.24. The number of terminal acetylenes is 2. The third-order valence-corrected chi connectivity index (χ3v) is 1.29. The molecule has 0 aliphatic heterocycles. The molecule has 8 heteroatoms. The molecule has 0 aliphatic carbocycles. The van der Waals surface area contributed by atoms with Crippen LogP contribution in [0.2, 0.25) is 0 Å². The lowest BCUT2D eigenvalue weighted by Gasteiger charge is -2.03. The normalized spacial score (nSPS) is 8.35. The highest BCUT2D eigenvalue weighted by Crippen LogP contribution is 2.14. The average molecular weight is 230 g/mol. The molecule has 0 amide bonds. The minimum Gasteiger partial charge on any atom is -0.450 e. The highest BCUT2D eigenvalue weighted by atomic mass is 16.5. The van der Waals surface area contributed by atoms with Gasteiger partial charge in [0.1, 0.15) is 0 Å². The van der Waals surface area contributed by atoms with E-state index in [9.17, 15) is 0 Å². The number of aromatic nitrogens is 3. The number of hydrogen-bond donors (Lipinski definition) is 0. The zero-order valence-electron chi connectivity index (χ0n) is 8.57. The predicted octanol–water partition coefficient (Wildman–Crippen LogP) is 0.837. The number of hydrogen-bond acceptors (Lipinski definition) is 6. The Morgan fingerprint density at radius 3 is 2.06 bits per heavy atom. The van der Waals surface area contributed by atoms with E-state index < -0.39 is 0 Å². The molecule has 0 fully saturated rings. The lowest BCUT2D eigenvalue weighted by molar-refractivity contribution is 0.304. The van der Waals surface area contributed by atoms with Crippen LogP contribution in [0.1, 0.15) is 0 Å². The van der Waals surface area contributed by atoms with Crippen LogP contribution >= 0.6 is 0 Å². The van der Waals surface area contributed by atoms with Crippen LogP contribution in [0.25, 0.3) is 10.4 Å². The standard InChI is InChI=1S/C9H6N6O2/c1-3-5-16-8-11-7(14-15-10)12-9(13-8)17-6-4-2/h1-2H,5-6H2. The fraction of sp³-hybridized carbons (Fsp3) is 0.222. The van der Waals surface area contributed by atoms with Crippen LogP contribution in [-0.2, 0) is 0 Å². The fourth-order valence-corrected chi connectivity index (χ4v) is 0.754. The summed E-state index contributed by atoms with van der Waals surface area (Å²) in [5.41, 5.74) is 8.27. The smallest absolute Gasteiger partial charge is 0.324 e. The van der Waals surface area contributed by atoms with E-state index in [-0.39, 0.29) is 31.2 Å². The molecule has 0 spiro atoms. The molecule has 1 heterocycles. The van der Waals surface area contributed by atoms with Crippen molar-refractivity contribution in [2.45, 2.75) is 0 Å². The van der Waals surface area contributed by atoms with Crippen molar-refractivity contribution >= 4 is 5.95 Å². The molecule has 0 unspecified atom stereocenters. The maximum Gasteiger partial charge on any atom is 0.324 e. The summed E-state index contributed by atoms with van der Waals surface area (Å²) in [6.45, 7) is -0.0669. The van der Waals surface area contributed by atoms with Crippen molar-refractivity contribution in [2.24, 2.45) is 5.11 Å². The summed E-state index contributed by atoms with van der Waals surface area (Å²) in [5, 5.41) is 3.20. The first-order valence-electron chi connectivity index (χ1n) is 4.24. The summed E-state index contributed by atoms with van der Waals surface area (Å²) < 4.78 is 9.90. The summed E-state index contributed by atoms with van der Waals surface area (Å²) in [6, 6.07) is -0.209. The van der Waals surface area contributed by atoms with Gasteiger partial charge in [0.15, 0.2) is 13.2 Å². The van der Waals surface area contributed by atoms with E-state index in [0.717, 1.165) is 0 Å². The number of ether oxygens (including phenoxy) is 2. The van der Waals surface area contributed by atoms with Gasteiger partial charge < -0.3 is 9.47 Å². The largest absolute Gasteiger partial charge is 0.450 e. The number of rotatable bonds is 5. The molecule has 84 valence electrons. The van der Waals surface area contributed by atoms with Crippen LogP contribution in [-0.4, -0.2) is 28.2 Å². The van der Waals surface area contributed by atoms with Gasteiger partial charge >= 0.3 is 12.0 Å². The molecule has 1 rings (SSSR count). The Labute approximate surface area is 96.6 Å². The predicted molar refractivity (Wildman–Crippen MR) is 57.3 cm³/mol. The second kappa shape index (κ2) is 6.51. The highest BCUT2D eigenvalue weighted by molar-refractivity contribution is 5.20. The number of nitrogens with zero attached hydrogens (tertiary/aromatic N) is 6. The van der Waals surface area contributed by atoms with Gasteiger partial charge in [-0.25, -0.2) is 0 Å². The van der Waals surface area contributed by atoms with Gasteiger partial charge in [0, 0.05) is 4.91 Å². The Balaban J connectivity index is 2.97. The van der Waals surface area contributed by atoms with Crippen molar-refractivity contribution in [3.63, 3.8) is 0 Å². The van der Waals surface area contributed by atoms with Gasteiger partial charge in [-0.15, -0.1) is 17.8 Å². The van der Waals surface area contributed by atoms with E-state index in [1.165, 1.54) is 0 Å². The SMILES string of the molecule is C#CCOc1nc(N=[N+]=[N-])nc(OCC#C)n1. The topological polar surface area (TPSA) is 106 Å². The summed E-state index contributed by atoms with van der Waals surface area (Å²) >= 11 is 0. The molecule has 0 aromatic carbocycles. The molecule has 0 saturated carbocycles. The minimum atomic E-state index is -0.193. The quantitative estimate of drug-likeness (QED) is 0.322. The molecule has 17 heavy (non-hydrogen) atoms. The lowest BCUT2D eigenvalue weighted by atomic mass is 10.7. The highest BCUT2D eigenvalue weighted by Gasteiger charge is 2.06. The van der Waals surface area contributed by atoms with Gasteiger partial charge in [-0.05, 0) is 10.6 Å². The van der Waals surface area contributed by atoms with E-state index in [1.54, 1.807) is 0 Å². The average Bonchev–Trinajstić information content (AvgIpc) is 2.34. The molecule has 0 saturated heterocycles. The Kier molecular flexibility index (Phi) is 4.64. The molecule has 0 bridgehead atoms. The Morgan fingerprint density at radius 1 is 1.12 bits per heavy atom. The van der Waals surface area contributed by atoms with Crippen molar-refractivity contribution in [2.75, 3.05) is 13.2 Å². The molecule has 8 nitrogen and oxygen atoms in total. The molecule has 0 N–H and O–H groups in total. The molecule has 1 aromatic rings. The third-order valence-electron chi connectivity index (χ3n) is 1.29. The van der Waals surface area contributed by atoms with Gasteiger partial charge in [-0.1, -0.05) is 11.8 Å². The van der Waals surface area contributed by atoms with Crippen LogP contribution in [0.5, 0.6) is 12.0 Å². The van der Waals surface area contributed by atoms with E-state index in [0.29, 0.717) is 0 Å². The van der Waals surface area contributed by atoms with E-state index in [1.807, 2.05) is 0 Å². The van der Waals surface area contributed by atoms with Gasteiger partial charge in [0.2, 0.25) is 5.95 Å². The van der Waals surface area contributed by atoms with E-state index in [2.05, 4.69) is 36.8 Å². The first-order chi connectivity index (χ1) is 8.30. The molecule has 1 aromatic heterocycles. The summed E-state index contributed by atoms with van der Waals surface area (Å²) in [4.78, 5) is 13.6. The van der Waals surface area contributed by atoms with Crippen molar-refractivity contribution in [3.8, 4) is 36.7 Å². The van der Waals surface area contributed by atoms with Crippen LogP contribution in [0.4, 0.5) is 5.95 Å². The van der Waals surface area contributed by atoms with Crippen molar-refractivity contribution in [1.82, 2.24) is 15.0 Å². The van der Waals surface area contributed by atoms with Gasteiger partial charge in [-0.3, -0.25) is 0 Å². The maximum absolute atomic E-state index is 8.27. The van der Waals surface area contributed by atoms with Crippen LogP contribution < -0.4 is 9.47 Å². The second-order valence-electron chi connectivity index (χ2n) is 2.38. The zero-order chi connectivity index (χ0) is 12.5. The van der Waals surface area contributed by atoms with Gasteiger partial charge in [0.25, 0.3) is 0 Å². The minimum absolute atomic E-state index is 0.0334. The first kappa shape index (κ1) is 12.1. The molecule has 0 radical (unpaired) electrons. The van der Waals surface area contributed by atoms with Crippen LogP contribution in [0.15, 0.2) is 5.11 Å². The Morgan fingerprint density at radius 2 is 1.65 bits per heavy atom.